The van der Waals surface area contributed by atoms with Gasteiger partial charge in [-0.05, 0) is 12.8 Å². The van der Waals surface area contributed by atoms with Gasteiger partial charge in [0.2, 0.25) is 0 Å². The second kappa shape index (κ2) is 3.39. The normalized spacial score (nSPS) is 15.6. The molecule has 0 fully saturated rings. The van der Waals surface area contributed by atoms with Crippen molar-refractivity contribution in [3.63, 3.8) is 0 Å². The first-order chi connectivity index (χ1) is 5.24. The monoisotopic (exact) mass is 147 g/mol. The van der Waals surface area contributed by atoms with Crippen LogP contribution < -0.4 is 0 Å². The maximum Gasteiger partial charge on any atom is 0.0940 e. The Balaban J connectivity index is 2.68. The van der Waals surface area contributed by atoms with Gasteiger partial charge in [-0.15, -0.1) is 5.92 Å². The largest absolute Gasteiger partial charge is 0.249 e. The highest BCUT2D eigenvalue weighted by Gasteiger charge is 2.08. The van der Waals surface area contributed by atoms with Crippen LogP contribution in [0.15, 0.2) is 16.8 Å². The summed E-state index contributed by atoms with van der Waals surface area (Å²) in [5, 5.41) is 0. The van der Waals surface area contributed by atoms with Crippen LogP contribution in [-0.2, 0) is 0 Å². The number of rotatable bonds is 1. The van der Waals surface area contributed by atoms with Gasteiger partial charge in [-0.25, -0.2) is 4.99 Å². The fourth-order valence-corrected chi connectivity index (χ4v) is 1.04. The van der Waals surface area contributed by atoms with E-state index < -0.39 is 0 Å². The number of aliphatic imine (C=N–C) groups is 1. The molecule has 0 amide bonds. The van der Waals surface area contributed by atoms with E-state index in [9.17, 15) is 0 Å². The van der Waals surface area contributed by atoms with Crippen LogP contribution in [0.2, 0.25) is 0 Å². The zero-order valence-corrected chi connectivity index (χ0v) is 7.31. The van der Waals surface area contributed by atoms with Crippen molar-refractivity contribution in [2.75, 3.05) is 0 Å². The van der Waals surface area contributed by atoms with E-state index in [1.165, 1.54) is 5.70 Å². The Morgan fingerprint density at radius 2 is 2.27 bits per heavy atom. The second-order valence-electron chi connectivity index (χ2n) is 2.92. The molecule has 58 valence electrons. The van der Waals surface area contributed by atoms with Crippen LogP contribution in [0.3, 0.4) is 0 Å². The average molecular weight is 147 g/mol. The van der Waals surface area contributed by atoms with Crippen LogP contribution in [0.1, 0.15) is 27.2 Å². The molecule has 0 aromatic heterocycles. The third-order valence-corrected chi connectivity index (χ3v) is 1.63. The summed E-state index contributed by atoms with van der Waals surface area (Å²) in [5.41, 5.74) is 2.19. The van der Waals surface area contributed by atoms with E-state index in [4.69, 9.17) is 0 Å². The zero-order valence-electron chi connectivity index (χ0n) is 7.31. The molecule has 1 aliphatic rings. The van der Waals surface area contributed by atoms with Crippen LogP contribution >= 0.6 is 0 Å². The van der Waals surface area contributed by atoms with Crippen molar-refractivity contribution in [1.82, 2.24) is 0 Å². The predicted molar refractivity (Wildman–Crippen MR) is 48.4 cm³/mol. The van der Waals surface area contributed by atoms with E-state index in [0.717, 1.165) is 12.1 Å². The third kappa shape index (κ3) is 1.94. The molecule has 1 heterocycles. The molecule has 1 aliphatic heterocycles. The van der Waals surface area contributed by atoms with Gasteiger partial charge >= 0.3 is 0 Å². The van der Waals surface area contributed by atoms with E-state index >= 15 is 0 Å². The maximum absolute atomic E-state index is 4.38. The summed E-state index contributed by atoms with van der Waals surface area (Å²) in [6.45, 7) is 6.14. The molecule has 1 nitrogen and oxygen atoms in total. The minimum atomic E-state index is 0.533. The molecule has 0 unspecified atom stereocenters. The summed E-state index contributed by atoms with van der Waals surface area (Å²) < 4.78 is 0. The highest BCUT2D eigenvalue weighted by Crippen LogP contribution is 2.17. The maximum atomic E-state index is 4.38. The van der Waals surface area contributed by atoms with Crippen molar-refractivity contribution in [1.29, 1.82) is 0 Å². The lowest BCUT2D eigenvalue weighted by Gasteiger charge is -1.99. The number of nitrogens with zero attached hydrogens (tertiary/aromatic N) is 1. The topological polar surface area (TPSA) is 12.4 Å². The van der Waals surface area contributed by atoms with Gasteiger partial charge in [0.1, 0.15) is 0 Å². The smallest absolute Gasteiger partial charge is 0.0940 e. The van der Waals surface area contributed by atoms with E-state index in [-0.39, 0.29) is 0 Å². The molecular weight excluding hydrogens is 134 g/mol. The van der Waals surface area contributed by atoms with Gasteiger partial charge in [-0.3, -0.25) is 0 Å². The first-order valence-corrected chi connectivity index (χ1v) is 3.94. The molecule has 0 saturated heterocycles. The van der Waals surface area contributed by atoms with Crippen molar-refractivity contribution < 1.29 is 0 Å². The Bertz CT molecular complexity index is 258. The Labute approximate surface area is 68.2 Å². The Kier molecular flexibility index (Phi) is 2.48. The average Bonchev–Trinajstić information content (AvgIpc) is 2.37. The lowest BCUT2D eigenvalue weighted by Crippen LogP contribution is -1.88. The van der Waals surface area contributed by atoms with E-state index in [1.54, 1.807) is 0 Å². The van der Waals surface area contributed by atoms with Gasteiger partial charge in [0.15, 0.2) is 0 Å². The molecule has 0 atom stereocenters. The highest BCUT2D eigenvalue weighted by molar-refractivity contribution is 6.03. The van der Waals surface area contributed by atoms with Crippen LogP contribution in [-0.4, -0.2) is 5.71 Å². The molecule has 0 N–H and O–H groups in total. The highest BCUT2D eigenvalue weighted by atomic mass is 14.8. The van der Waals surface area contributed by atoms with Gasteiger partial charge in [0, 0.05) is 12.1 Å². The number of hydrogen-bond donors (Lipinski definition) is 0. The summed E-state index contributed by atoms with van der Waals surface area (Å²) in [6, 6.07) is 0. The molecule has 0 aromatic rings. The molecule has 1 heteroatoms. The van der Waals surface area contributed by atoms with Gasteiger partial charge in [0.05, 0.1) is 5.71 Å². The minimum Gasteiger partial charge on any atom is -0.249 e. The first-order valence-electron chi connectivity index (χ1n) is 3.94. The van der Waals surface area contributed by atoms with Gasteiger partial charge in [-0.1, -0.05) is 25.8 Å². The van der Waals surface area contributed by atoms with E-state index in [2.05, 4.69) is 36.8 Å². The van der Waals surface area contributed by atoms with Gasteiger partial charge in [-0.2, -0.15) is 0 Å². The van der Waals surface area contributed by atoms with Crippen LogP contribution in [0.5, 0.6) is 0 Å². The molecule has 11 heavy (non-hydrogen) atoms. The van der Waals surface area contributed by atoms with Crippen LogP contribution in [0, 0.1) is 17.8 Å². The fourth-order valence-electron chi connectivity index (χ4n) is 1.04. The molecule has 0 bridgehead atoms. The SMILES string of the molecule is CC#CC1=NC(C(C)C)=CC1. The lowest BCUT2D eigenvalue weighted by atomic mass is 10.1. The summed E-state index contributed by atoms with van der Waals surface area (Å²) in [6.07, 6.45) is 3.08. The van der Waals surface area contributed by atoms with E-state index in [0.29, 0.717) is 5.92 Å². The van der Waals surface area contributed by atoms with Crippen molar-refractivity contribution >= 4 is 5.71 Å². The van der Waals surface area contributed by atoms with Gasteiger partial charge < -0.3 is 0 Å². The van der Waals surface area contributed by atoms with E-state index in [1.807, 2.05) is 6.92 Å². The standard InChI is InChI=1S/C10H13N/c1-4-5-9-6-7-10(11-9)8(2)3/h7-8H,6H2,1-3H3. The van der Waals surface area contributed by atoms with Crippen molar-refractivity contribution in [2.24, 2.45) is 10.9 Å². The number of allylic oxidation sites excluding steroid dienone is 2. The Morgan fingerprint density at radius 1 is 1.55 bits per heavy atom. The molecule has 0 aliphatic carbocycles. The Hall–Kier alpha value is -1.03. The first kappa shape index (κ1) is 8.07. The van der Waals surface area contributed by atoms with Crippen LogP contribution in [0.25, 0.3) is 0 Å². The van der Waals surface area contributed by atoms with Crippen LogP contribution in [0.4, 0.5) is 0 Å². The molecule has 0 radical (unpaired) electrons. The summed E-state index contributed by atoms with van der Waals surface area (Å²) >= 11 is 0. The summed E-state index contributed by atoms with van der Waals surface area (Å²) in [7, 11) is 0. The molecule has 0 aromatic carbocycles. The van der Waals surface area contributed by atoms with Crippen molar-refractivity contribution in [3.8, 4) is 11.8 Å². The molecule has 1 rings (SSSR count). The quantitative estimate of drug-likeness (QED) is 0.505. The molecule has 0 spiro atoms. The van der Waals surface area contributed by atoms with Crippen molar-refractivity contribution in [3.05, 3.63) is 11.8 Å². The second-order valence-corrected chi connectivity index (χ2v) is 2.92. The zero-order chi connectivity index (χ0) is 8.27. The summed E-state index contributed by atoms with van der Waals surface area (Å²) in [5.74, 6) is 6.37. The van der Waals surface area contributed by atoms with Crippen molar-refractivity contribution in [2.45, 2.75) is 27.2 Å². The fraction of sp³-hybridized carbons (Fsp3) is 0.500. The third-order valence-electron chi connectivity index (χ3n) is 1.63. The Morgan fingerprint density at radius 3 is 2.73 bits per heavy atom. The molecule has 0 saturated carbocycles. The predicted octanol–water partition coefficient (Wildman–Crippen LogP) is 2.39. The number of hydrogen-bond acceptors (Lipinski definition) is 1. The lowest BCUT2D eigenvalue weighted by molar-refractivity contribution is 0.761. The van der Waals surface area contributed by atoms with Gasteiger partial charge in [0.25, 0.3) is 0 Å². The summed E-state index contributed by atoms with van der Waals surface area (Å²) in [4.78, 5) is 4.38. The molecular formula is C10H13N. The minimum absolute atomic E-state index is 0.533.